The van der Waals surface area contributed by atoms with Gasteiger partial charge in [-0.05, 0) is 51.5 Å². The Kier molecular flexibility index (Phi) is 5.43. The number of nitrogens with two attached hydrogens (primary N) is 1. The molecule has 0 saturated heterocycles. The molecule has 1 atom stereocenters. The molecular formula is C13H21FN2. The van der Waals surface area contributed by atoms with Gasteiger partial charge in [-0.1, -0.05) is 18.2 Å². The van der Waals surface area contributed by atoms with Gasteiger partial charge >= 0.3 is 0 Å². The Hall–Kier alpha value is -0.930. The molecule has 0 aliphatic carbocycles. The van der Waals surface area contributed by atoms with Crippen LogP contribution in [0.2, 0.25) is 0 Å². The van der Waals surface area contributed by atoms with E-state index < -0.39 is 0 Å². The second-order valence-corrected chi connectivity index (χ2v) is 4.27. The molecule has 0 heterocycles. The number of likely N-dealkylation sites (N-methyl/N-ethyl adjacent to an activating group) is 1. The Labute approximate surface area is 97.3 Å². The Balaban J connectivity index is 2.50. The van der Waals surface area contributed by atoms with Crippen molar-refractivity contribution in [2.75, 3.05) is 20.1 Å². The highest BCUT2D eigenvalue weighted by Crippen LogP contribution is 2.11. The third-order valence-electron chi connectivity index (χ3n) is 2.94. The monoisotopic (exact) mass is 224 g/mol. The van der Waals surface area contributed by atoms with Gasteiger partial charge < -0.3 is 10.6 Å². The fourth-order valence-electron chi connectivity index (χ4n) is 1.70. The van der Waals surface area contributed by atoms with Crippen LogP contribution in [-0.4, -0.2) is 31.1 Å². The molecule has 1 unspecified atom stereocenters. The van der Waals surface area contributed by atoms with Crippen LogP contribution in [0.3, 0.4) is 0 Å². The van der Waals surface area contributed by atoms with Crippen molar-refractivity contribution in [1.29, 1.82) is 0 Å². The first-order valence-corrected chi connectivity index (χ1v) is 5.79. The maximum Gasteiger partial charge on any atom is 0.126 e. The minimum Gasteiger partial charge on any atom is -0.330 e. The summed E-state index contributed by atoms with van der Waals surface area (Å²) >= 11 is 0. The van der Waals surface area contributed by atoms with Crippen LogP contribution in [0.15, 0.2) is 24.3 Å². The summed E-state index contributed by atoms with van der Waals surface area (Å²) in [6.45, 7) is 3.78. The topological polar surface area (TPSA) is 29.3 Å². The van der Waals surface area contributed by atoms with Crippen LogP contribution in [0.25, 0.3) is 0 Å². The Bertz CT molecular complexity index is 315. The van der Waals surface area contributed by atoms with Crippen molar-refractivity contribution in [1.82, 2.24) is 4.90 Å². The molecule has 0 amide bonds. The van der Waals surface area contributed by atoms with Crippen LogP contribution >= 0.6 is 0 Å². The number of benzene rings is 1. The van der Waals surface area contributed by atoms with E-state index >= 15 is 0 Å². The summed E-state index contributed by atoms with van der Waals surface area (Å²) in [5.41, 5.74) is 6.25. The molecule has 0 bridgehead atoms. The van der Waals surface area contributed by atoms with Crippen molar-refractivity contribution in [2.24, 2.45) is 5.73 Å². The molecule has 3 heteroatoms. The molecular weight excluding hydrogens is 203 g/mol. The van der Waals surface area contributed by atoms with Gasteiger partial charge in [0.2, 0.25) is 0 Å². The van der Waals surface area contributed by atoms with E-state index in [2.05, 4.69) is 18.9 Å². The molecule has 1 rings (SSSR count). The van der Waals surface area contributed by atoms with Gasteiger partial charge in [0.25, 0.3) is 0 Å². The first kappa shape index (κ1) is 13.1. The summed E-state index contributed by atoms with van der Waals surface area (Å²) in [6.07, 6.45) is 1.73. The predicted molar refractivity (Wildman–Crippen MR) is 65.9 cm³/mol. The van der Waals surface area contributed by atoms with E-state index in [1.165, 1.54) is 6.07 Å². The lowest BCUT2D eigenvalue weighted by atomic mass is 10.1. The second kappa shape index (κ2) is 6.61. The summed E-state index contributed by atoms with van der Waals surface area (Å²) < 4.78 is 13.4. The highest BCUT2D eigenvalue weighted by molar-refractivity contribution is 5.18. The molecule has 0 radical (unpaired) electrons. The zero-order chi connectivity index (χ0) is 12.0. The van der Waals surface area contributed by atoms with Gasteiger partial charge in [0, 0.05) is 6.04 Å². The van der Waals surface area contributed by atoms with Crippen LogP contribution in [0.4, 0.5) is 4.39 Å². The van der Waals surface area contributed by atoms with E-state index in [-0.39, 0.29) is 5.82 Å². The van der Waals surface area contributed by atoms with Crippen molar-refractivity contribution in [2.45, 2.75) is 25.8 Å². The third kappa shape index (κ3) is 3.91. The zero-order valence-electron chi connectivity index (χ0n) is 10.1. The van der Waals surface area contributed by atoms with Crippen LogP contribution < -0.4 is 5.73 Å². The lowest BCUT2D eigenvalue weighted by Crippen LogP contribution is -2.32. The standard InChI is InChI=1S/C13H21FN2/c1-11(16(2)9-5-8-15)10-12-6-3-4-7-13(12)14/h3-4,6-7,11H,5,8-10,15H2,1-2H3. The van der Waals surface area contributed by atoms with Gasteiger partial charge in [0.1, 0.15) is 5.82 Å². The first-order valence-electron chi connectivity index (χ1n) is 5.79. The minimum absolute atomic E-state index is 0.110. The van der Waals surface area contributed by atoms with Crippen molar-refractivity contribution in [3.63, 3.8) is 0 Å². The van der Waals surface area contributed by atoms with E-state index in [4.69, 9.17) is 5.73 Å². The smallest absolute Gasteiger partial charge is 0.126 e. The third-order valence-corrected chi connectivity index (χ3v) is 2.94. The van der Waals surface area contributed by atoms with E-state index in [0.717, 1.165) is 24.9 Å². The van der Waals surface area contributed by atoms with Crippen molar-refractivity contribution in [3.05, 3.63) is 35.6 Å². The average Bonchev–Trinajstić information content (AvgIpc) is 2.28. The fourth-order valence-corrected chi connectivity index (χ4v) is 1.70. The Morgan fingerprint density at radius 1 is 1.38 bits per heavy atom. The van der Waals surface area contributed by atoms with Gasteiger partial charge in [0.15, 0.2) is 0 Å². The summed E-state index contributed by atoms with van der Waals surface area (Å²) in [5.74, 6) is -0.110. The minimum atomic E-state index is -0.110. The van der Waals surface area contributed by atoms with Crippen LogP contribution in [0.5, 0.6) is 0 Å². The van der Waals surface area contributed by atoms with Crippen LogP contribution in [-0.2, 0) is 6.42 Å². The molecule has 2 N–H and O–H groups in total. The number of rotatable bonds is 6. The van der Waals surface area contributed by atoms with Gasteiger partial charge in [0.05, 0.1) is 0 Å². The summed E-state index contributed by atoms with van der Waals surface area (Å²) in [5, 5.41) is 0. The number of nitrogens with zero attached hydrogens (tertiary/aromatic N) is 1. The maximum atomic E-state index is 13.4. The van der Waals surface area contributed by atoms with Gasteiger partial charge in [-0.25, -0.2) is 4.39 Å². The van der Waals surface area contributed by atoms with E-state index in [9.17, 15) is 4.39 Å². The van der Waals surface area contributed by atoms with Crippen molar-refractivity contribution in [3.8, 4) is 0 Å². The van der Waals surface area contributed by atoms with Crippen molar-refractivity contribution < 1.29 is 4.39 Å². The predicted octanol–water partition coefficient (Wildman–Crippen LogP) is 2.04. The Morgan fingerprint density at radius 3 is 2.69 bits per heavy atom. The molecule has 0 saturated carbocycles. The molecule has 0 spiro atoms. The molecule has 0 fully saturated rings. The van der Waals surface area contributed by atoms with Gasteiger partial charge in [-0.2, -0.15) is 0 Å². The van der Waals surface area contributed by atoms with E-state index in [0.29, 0.717) is 12.6 Å². The molecule has 16 heavy (non-hydrogen) atoms. The largest absolute Gasteiger partial charge is 0.330 e. The van der Waals surface area contributed by atoms with Gasteiger partial charge in [-0.3, -0.25) is 0 Å². The van der Waals surface area contributed by atoms with Crippen LogP contribution in [0, 0.1) is 5.82 Å². The SMILES string of the molecule is CC(Cc1ccccc1F)N(C)CCCN. The molecule has 0 aliphatic heterocycles. The summed E-state index contributed by atoms with van der Waals surface area (Å²) in [4.78, 5) is 2.22. The normalized spacial score (nSPS) is 13.1. The van der Waals surface area contributed by atoms with Crippen LogP contribution in [0.1, 0.15) is 18.9 Å². The quantitative estimate of drug-likeness (QED) is 0.801. The molecule has 2 nitrogen and oxygen atoms in total. The maximum absolute atomic E-state index is 13.4. The molecule has 90 valence electrons. The van der Waals surface area contributed by atoms with Gasteiger partial charge in [-0.15, -0.1) is 0 Å². The number of hydrogen-bond donors (Lipinski definition) is 1. The lowest BCUT2D eigenvalue weighted by Gasteiger charge is -2.24. The molecule has 0 aliphatic rings. The summed E-state index contributed by atoms with van der Waals surface area (Å²) in [6, 6.07) is 7.31. The Morgan fingerprint density at radius 2 is 2.06 bits per heavy atom. The fraction of sp³-hybridized carbons (Fsp3) is 0.538. The first-order chi connectivity index (χ1) is 7.65. The lowest BCUT2D eigenvalue weighted by molar-refractivity contribution is 0.253. The number of halogens is 1. The molecule has 0 aromatic heterocycles. The molecule has 1 aromatic rings. The second-order valence-electron chi connectivity index (χ2n) is 4.27. The van der Waals surface area contributed by atoms with E-state index in [1.807, 2.05) is 12.1 Å². The highest BCUT2D eigenvalue weighted by atomic mass is 19.1. The number of hydrogen-bond acceptors (Lipinski definition) is 2. The summed E-state index contributed by atoms with van der Waals surface area (Å²) in [7, 11) is 2.06. The van der Waals surface area contributed by atoms with E-state index in [1.54, 1.807) is 6.07 Å². The van der Waals surface area contributed by atoms with Crippen molar-refractivity contribution >= 4 is 0 Å². The molecule has 1 aromatic carbocycles. The average molecular weight is 224 g/mol. The zero-order valence-corrected chi connectivity index (χ0v) is 10.1. The highest BCUT2D eigenvalue weighted by Gasteiger charge is 2.11.